The molecule has 6 nitrogen and oxygen atoms in total. The number of fused-ring (bicyclic) bond motifs is 1. The normalized spacial score (nSPS) is 11.0. The Balaban J connectivity index is 2.33. The fourth-order valence-electron chi connectivity index (χ4n) is 2.37. The minimum Gasteiger partial charge on any atom is -0.478 e. The van der Waals surface area contributed by atoms with E-state index in [9.17, 15) is 9.59 Å². The summed E-state index contributed by atoms with van der Waals surface area (Å²) in [7, 11) is 0. The lowest BCUT2D eigenvalue weighted by atomic mass is 10.2. The first-order chi connectivity index (χ1) is 9.97. The summed E-state index contributed by atoms with van der Waals surface area (Å²) in [6, 6.07) is 7.72. The number of nitrogens with zero attached hydrogens (tertiary/aromatic N) is 2. The van der Waals surface area contributed by atoms with Gasteiger partial charge in [0.05, 0.1) is 22.3 Å². The predicted octanol–water partition coefficient (Wildman–Crippen LogP) is 2.29. The molecule has 0 aliphatic heterocycles. The van der Waals surface area contributed by atoms with E-state index in [-0.39, 0.29) is 5.56 Å². The smallest absolute Gasteiger partial charge is 0.337 e. The Kier molecular flexibility index (Phi) is 2.86. The van der Waals surface area contributed by atoms with Gasteiger partial charge in [-0.1, -0.05) is 6.07 Å². The number of aromatic carboxylic acids is 1. The number of rotatable bonds is 2. The summed E-state index contributed by atoms with van der Waals surface area (Å²) in [5.74, 6) is -1.03. The van der Waals surface area contributed by atoms with Gasteiger partial charge in [-0.25, -0.2) is 9.59 Å². The molecule has 0 unspecified atom stereocenters. The molecule has 0 fully saturated rings. The van der Waals surface area contributed by atoms with Crippen LogP contribution in [0.1, 0.15) is 21.6 Å². The van der Waals surface area contributed by atoms with Crippen molar-refractivity contribution in [3.8, 4) is 5.69 Å². The maximum Gasteiger partial charge on any atom is 0.337 e. The van der Waals surface area contributed by atoms with Crippen molar-refractivity contribution in [2.45, 2.75) is 13.8 Å². The molecule has 0 saturated carbocycles. The minimum atomic E-state index is -1.03. The molecular weight excluding hydrogens is 272 g/mol. The second kappa shape index (κ2) is 4.59. The second-order valence-corrected chi connectivity index (χ2v) is 4.78. The van der Waals surface area contributed by atoms with Gasteiger partial charge >= 0.3 is 11.6 Å². The van der Waals surface area contributed by atoms with Crippen LogP contribution in [0, 0.1) is 13.8 Å². The number of carboxylic acid groups (broad SMARTS) is 1. The van der Waals surface area contributed by atoms with Crippen molar-refractivity contribution in [3.05, 3.63) is 57.6 Å². The fraction of sp³-hybridized carbons (Fsp3) is 0.133. The number of hydrogen-bond acceptors (Lipinski definition) is 4. The number of carbonyl (C=O) groups is 1. The average molecular weight is 284 g/mol. The van der Waals surface area contributed by atoms with Crippen molar-refractivity contribution in [2.24, 2.45) is 0 Å². The van der Waals surface area contributed by atoms with Gasteiger partial charge in [-0.3, -0.25) is 0 Å². The third-order valence-corrected chi connectivity index (χ3v) is 3.28. The number of aromatic nitrogens is 2. The van der Waals surface area contributed by atoms with E-state index < -0.39 is 11.6 Å². The van der Waals surface area contributed by atoms with Crippen LogP contribution in [-0.2, 0) is 0 Å². The van der Waals surface area contributed by atoms with E-state index >= 15 is 0 Å². The van der Waals surface area contributed by atoms with E-state index in [1.165, 1.54) is 22.9 Å². The Morgan fingerprint density at radius 2 is 2.05 bits per heavy atom. The summed E-state index contributed by atoms with van der Waals surface area (Å²) in [4.78, 5) is 22.6. The highest BCUT2D eigenvalue weighted by atomic mass is 16.4. The summed E-state index contributed by atoms with van der Waals surface area (Å²) in [6.45, 7) is 3.62. The molecule has 0 aliphatic rings. The van der Waals surface area contributed by atoms with Crippen LogP contribution >= 0.6 is 0 Å². The van der Waals surface area contributed by atoms with Crippen LogP contribution in [0.3, 0.4) is 0 Å². The maximum absolute atomic E-state index is 11.6. The second-order valence-electron chi connectivity index (χ2n) is 4.78. The molecule has 1 aromatic carbocycles. The van der Waals surface area contributed by atoms with Crippen LogP contribution < -0.4 is 5.63 Å². The fourth-order valence-corrected chi connectivity index (χ4v) is 2.37. The van der Waals surface area contributed by atoms with Crippen molar-refractivity contribution < 1.29 is 14.3 Å². The lowest BCUT2D eigenvalue weighted by molar-refractivity contribution is 0.0697. The molecule has 3 rings (SSSR count). The average Bonchev–Trinajstić information content (AvgIpc) is 2.76. The maximum atomic E-state index is 11.6. The first-order valence-electron chi connectivity index (χ1n) is 6.31. The molecular formula is C15H12N2O4. The van der Waals surface area contributed by atoms with Gasteiger partial charge in [0.2, 0.25) is 5.71 Å². The molecule has 21 heavy (non-hydrogen) atoms. The van der Waals surface area contributed by atoms with Crippen LogP contribution in [0.15, 0.2) is 39.5 Å². The molecule has 0 spiro atoms. The monoisotopic (exact) mass is 284 g/mol. The molecule has 0 amide bonds. The van der Waals surface area contributed by atoms with E-state index in [0.29, 0.717) is 17.1 Å². The summed E-state index contributed by atoms with van der Waals surface area (Å²) >= 11 is 0. The Labute approximate surface area is 119 Å². The molecule has 0 aliphatic carbocycles. The molecule has 3 aromatic rings. The van der Waals surface area contributed by atoms with Gasteiger partial charge in [0.25, 0.3) is 0 Å². The van der Waals surface area contributed by atoms with Gasteiger partial charge in [-0.05, 0) is 37.6 Å². The highest BCUT2D eigenvalue weighted by Crippen LogP contribution is 2.23. The largest absolute Gasteiger partial charge is 0.478 e. The zero-order chi connectivity index (χ0) is 15.1. The van der Waals surface area contributed by atoms with Crippen molar-refractivity contribution in [2.75, 3.05) is 0 Å². The molecule has 0 bridgehead atoms. The third-order valence-electron chi connectivity index (χ3n) is 3.28. The highest BCUT2D eigenvalue weighted by molar-refractivity contribution is 5.88. The van der Waals surface area contributed by atoms with Gasteiger partial charge in [0, 0.05) is 6.07 Å². The first-order valence-corrected chi connectivity index (χ1v) is 6.31. The summed E-state index contributed by atoms with van der Waals surface area (Å²) in [6.07, 6.45) is 0. The van der Waals surface area contributed by atoms with Crippen molar-refractivity contribution >= 4 is 17.1 Å². The van der Waals surface area contributed by atoms with Gasteiger partial charge in [-0.15, -0.1) is 0 Å². The molecule has 2 heterocycles. The van der Waals surface area contributed by atoms with Crippen LogP contribution in [0.25, 0.3) is 16.8 Å². The van der Waals surface area contributed by atoms with E-state index in [0.717, 1.165) is 10.9 Å². The van der Waals surface area contributed by atoms with Gasteiger partial charge in [-0.2, -0.15) is 9.78 Å². The zero-order valence-electron chi connectivity index (χ0n) is 11.5. The lowest BCUT2D eigenvalue weighted by Crippen LogP contribution is -2.03. The summed E-state index contributed by atoms with van der Waals surface area (Å²) in [5.41, 5.74) is 2.02. The standard InChI is InChI=1S/C15H12N2O4/c1-8-6-12(18)21-14-13(8)9(2)16-17(14)11-5-3-4-10(7-11)15(19)20/h3-7H,1-2H3,(H,19,20). The molecule has 0 radical (unpaired) electrons. The van der Waals surface area contributed by atoms with Gasteiger partial charge in [0.1, 0.15) is 0 Å². The zero-order valence-corrected chi connectivity index (χ0v) is 11.5. The van der Waals surface area contributed by atoms with Crippen LogP contribution in [0.4, 0.5) is 0 Å². The predicted molar refractivity (Wildman–Crippen MR) is 76.0 cm³/mol. The van der Waals surface area contributed by atoms with E-state index in [1.54, 1.807) is 12.1 Å². The van der Waals surface area contributed by atoms with Crippen molar-refractivity contribution in [1.82, 2.24) is 9.78 Å². The van der Waals surface area contributed by atoms with Gasteiger partial charge < -0.3 is 9.52 Å². The molecule has 106 valence electrons. The minimum absolute atomic E-state index is 0.142. The quantitative estimate of drug-likeness (QED) is 0.780. The topological polar surface area (TPSA) is 85.3 Å². The van der Waals surface area contributed by atoms with Crippen molar-refractivity contribution in [1.29, 1.82) is 0 Å². The first kappa shape index (κ1) is 13.1. The summed E-state index contributed by atoms with van der Waals surface area (Å²) in [5, 5.41) is 14.2. The highest BCUT2D eigenvalue weighted by Gasteiger charge is 2.15. The molecule has 0 atom stereocenters. The van der Waals surface area contributed by atoms with Crippen molar-refractivity contribution in [3.63, 3.8) is 0 Å². The molecule has 0 saturated heterocycles. The Bertz CT molecular complexity index is 921. The lowest BCUT2D eigenvalue weighted by Gasteiger charge is -2.03. The Morgan fingerprint density at radius 3 is 2.76 bits per heavy atom. The number of hydrogen-bond donors (Lipinski definition) is 1. The molecule has 2 aromatic heterocycles. The van der Waals surface area contributed by atoms with Crippen LogP contribution in [0.2, 0.25) is 0 Å². The van der Waals surface area contributed by atoms with Crippen LogP contribution in [0.5, 0.6) is 0 Å². The van der Waals surface area contributed by atoms with E-state index in [1.807, 2.05) is 13.8 Å². The number of benzene rings is 1. The third kappa shape index (κ3) is 2.10. The number of carboxylic acids is 1. The molecule has 1 N–H and O–H groups in total. The van der Waals surface area contributed by atoms with E-state index in [4.69, 9.17) is 9.52 Å². The number of aryl methyl sites for hydroxylation is 2. The van der Waals surface area contributed by atoms with E-state index in [2.05, 4.69) is 5.10 Å². The summed E-state index contributed by atoms with van der Waals surface area (Å²) < 4.78 is 6.70. The SMILES string of the molecule is Cc1cc(=O)oc2c1c(C)nn2-c1cccc(C(=O)O)c1. The molecule has 6 heteroatoms. The Morgan fingerprint density at radius 1 is 1.29 bits per heavy atom. The Hall–Kier alpha value is -2.89. The van der Waals surface area contributed by atoms with Crippen LogP contribution in [-0.4, -0.2) is 20.9 Å². The van der Waals surface area contributed by atoms with Gasteiger partial charge in [0.15, 0.2) is 0 Å².